The number of ether oxygens (including phenoxy) is 4. The summed E-state index contributed by atoms with van der Waals surface area (Å²) in [5.74, 6) is -2.83. The maximum absolute atomic E-state index is 12.7. The number of halogens is 1. The fourth-order valence-electron chi connectivity index (χ4n) is 6.83. The van der Waals surface area contributed by atoms with Gasteiger partial charge in [-0.3, -0.25) is 9.59 Å². The van der Waals surface area contributed by atoms with Crippen LogP contribution in [0.25, 0.3) is 0 Å². The van der Waals surface area contributed by atoms with E-state index >= 15 is 0 Å². The van der Waals surface area contributed by atoms with Crippen LogP contribution in [0, 0.1) is 29.1 Å². The molecule has 2 N–H and O–H groups in total. The molecule has 0 unspecified atom stereocenters. The maximum atomic E-state index is 12.7. The Kier molecular flexibility index (Phi) is 4.88. The Morgan fingerprint density at radius 3 is 2.44 bits per heavy atom. The Bertz CT molecular complexity index is 878. The van der Waals surface area contributed by atoms with Crippen LogP contribution in [0.1, 0.15) is 34.6 Å². The van der Waals surface area contributed by atoms with Crippen LogP contribution in [-0.4, -0.2) is 75.9 Å². The van der Waals surface area contributed by atoms with Crippen molar-refractivity contribution in [3.8, 4) is 0 Å². The van der Waals surface area contributed by atoms with Crippen molar-refractivity contribution < 1.29 is 38.7 Å². The first kappa shape index (κ1) is 22.6. The van der Waals surface area contributed by atoms with Crippen molar-refractivity contribution in [1.82, 2.24) is 0 Å². The van der Waals surface area contributed by atoms with Crippen LogP contribution in [0.15, 0.2) is 12.2 Å². The van der Waals surface area contributed by atoms with E-state index in [1.54, 1.807) is 6.92 Å². The van der Waals surface area contributed by atoms with Crippen LogP contribution in [0.5, 0.6) is 0 Å². The average molecular weight is 471 g/mol. The number of carbonyl (C=O) groups is 2. The maximum Gasteiger partial charge on any atom is 0.312 e. The minimum Gasteiger partial charge on any atom is -0.459 e. The lowest BCUT2D eigenvalue weighted by Gasteiger charge is -2.54. The predicted molar refractivity (Wildman–Crippen MR) is 112 cm³/mol. The van der Waals surface area contributed by atoms with Crippen molar-refractivity contribution in [3.05, 3.63) is 12.2 Å². The van der Waals surface area contributed by atoms with Gasteiger partial charge < -0.3 is 29.2 Å². The van der Waals surface area contributed by atoms with Crippen molar-refractivity contribution in [2.75, 3.05) is 0 Å². The summed E-state index contributed by atoms with van der Waals surface area (Å²) >= 11 is 6.71. The normalized spacial score (nSPS) is 58.5. The fraction of sp³-hybridized carbons (Fsp3) is 0.826. The molecule has 0 radical (unpaired) electrons. The molecule has 14 atom stereocenters. The molecule has 3 heterocycles. The lowest BCUT2D eigenvalue weighted by atomic mass is 9.52. The van der Waals surface area contributed by atoms with Crippen LogP contribution in [0.4, 0.5) is 0 Å². The second kappa shape index (κ2) is 6.92. The first-order valence-electron chi connectivity index (χ1n) is 11.3. The number of carbonyl (C=O) groups excluding carboxylic acids is 2. The van der Waals surface area contributed by atoms with Crippen LogP contribution in [-0.2, 0) is 28.5 Å². The molecule has 0 aromatic carbocycles. The summed E-state index contributed by atoms with van der Waals surface area (Å²) in [5.41, 5.74) is -2.43. The highest BCUT2D eigenvalue weighted by atomic mass is 35.5. The second-order valence-corrected chi connectivity index (χ2v) is 11.0. The largest absolute Gasteiger partial charge is 0.459 e. The van der Waals surface area contributed by atoms with E-state index in [1.807, 2.05) is 13.8 Å². The number of epoxide rings is 2. The Hall–Kier alpha value is -1.19. The summed E-state index contributed by atoms with van der Waals surface area (Å²) < 4.78 is 23.3. The number of alkyl halides is 1. The summed E-state index contributed by atoms with van der Waals surface area (Å²) in [4.78, 5) is 25.0. The van der Waals surface area contributed by atoms with Gasteiger partial charge in [0.05, 0.1) is 29.6 Å². The third-order valence-electron chi connectivity index (χ3n) is 9.05. The molecule has 8 nitrogen and oxygen atoms in total. The highest BCUT2D eigenvalue weighted by molar-refractivity contribution is 6.23. The lowest BCUT2D eigenvalue weighted by molar-refractivity contribution is -0.217. The number of esters is 2. The molecule has 0 spiro atoms. The standard InChI is InChI=1S/C23H31ClO8/c1-7-8(2)15-20(31-15)22(6)12(7)18(29-11(5)25)23(28)10(4)21(27)32-19(23)13(24)9(3)14-16(30-14)17(22)26/h7-8,10,12-20,26,28H,3H2,1-2,4-6H3/t7-,8+,10-,12+,13-,14+,15-,16+,17-,18-,19-,20-,22-,23+/m0/s1. The van der Waals surface area contributed by atoms with Crippen LogP contribution >= 0.6 is 11.6 Å². The summed E-state index contributed by atoms with van der Waals surface area (Å²) in [7, 11) is 0. The van der Waals surface area contributed by atoms with E-state index in [9.17, 15) is 19.8 Å². The first-order valence-corrected chi connectivity index (χ1v) is 11.7. The highest BCUT2D eigenvalue weighted by Gasteiger charge is 2.76. The van der Waals surface area contributed by atoms with Gasteiger partial charge in [-0.2, -0.15) is 0 Å². The number of fused-ring (bicyclic) bond motifs is 5. The molecule has 9 heteroatoms. The van der Waals surface area contributed by atoms with Gasteiger partial charge in [0, 0.05) is 18.3 Å². The Balaban J connectivity index is 1.73. The third-order valence-corrected chi connectivity index (χ3v) is 9.56. The Morgan fingerprint density at radius 2 is 1.81 bits per heavy atom. The van der Waals surface area contributed by atoms with Gasteiger partial charge in [0.25, 0.3) is 0 Å². The van der Waals surface area contributed by atoms with E-state index in [0.29, 0.717) is 5.57 Å². The minimum atomic E-state index is -1.93. The van der Waals surface area contributed by atoms with Crippen molar-refractivity contribution in [3.63, 3.8) is 0 Å². The quantitative estimate of drug-likeness (QED) is 0.254. The van der Waals surface area contributed by atoms with Gasteiger partial charge in [-0.25, -0.2) is 0 Å². The van der Waals surface area contributed by atoms with Gasteiger partial charge in [0.15, 0.2) is 11.7 Å². The SMILES string of the molecule is C=C1[C@H]2O[C@H]2[C@H](O)[C@]2(C)[C@H]([C@@H](C)[C@@H](C)[C@@H]3O[C@@H]32)[C@H](OC(C)=O)[C@]2(O)[C@@H](C)C(=O)O[C@H]2[C@H]1Cl. The van der Waals surface area contributed by atoms with Gasteiger partial charge in [-0.15, -0.1) is 11.6 Å². The third kappa shape index (κ3) is 2.70. The monoisotopic (exact) mass is 470 g/mol. The molecule has 0 bridgehead atoms. The lowest BCUT2D eigenvalue weighted by Crippen LogP contribution is -2.68. The van der Waals surface area contributed by atoms with Crippen molar-refractivity contribution >= 4 is 23.5 Å². The molecule has 5 fully saturated rings. The van der Waals surface area contributed by atoms with Crippen LogP contribution in [0.3, 0.4) is 0 Å². The number of aliphatic hydroxyl groups excluding tert-OH is 1. The molecule has 5 rings (SSSR count). The zero-order valence-electron chi connectivity index (χ0n) is 18.9. The first-order chi connectivity index (χ1) is 14.9. The topological polar surface area (TPSA) is 118 Å². The molecular formula is C23H31ClO8. The van der Waals surface area contributed by atoms with E-state index in [4.69, 9.17) is 30.5 Å². The second-order valence-electron chi connectivity index (χ2n) is 10.6. The molecule has 2 saturated carbocycles. The summed E-state index contributed by atoms with van der Waals surface area (Å²) in [5, 5.41) is 22.8. The summed E-state index contributed by atoms with van der Waals surface area (Å²) in [6.07, 6.45) is -4.76. The molecule has 3 saturated heterocycles. The van der Waals surface area contributed by atoms with Crippen LogP contribution in [0.2, 0.25) is 0 Å². The smallest absolute Gasteiger partial charge is 0.312 e. The molecule has 5 aliphatic rings. The van der Waals surface area contributed by atoms with Gasteiger partial charge in [0.1, 0.15) is 18.3 Å². The van der Waals surface area contributed by atoms with E-state index < -0.39 is 70.7 Å². The van der Waals surface area contributed by atoms with Crippen molar-refractivity contribution in [1.29, 1.82) is 0 Å². The van der Waals surface area contributed by atoms with Gasteiger partial charge in [0.2, 0.25) is 0 Å². The zero-order valence-corrected chi connectivity index (χ0v) is 19.6. The molecule has 3 aliphatic heterocycles. The average Bonchev–Trinajstić information content (AvgIpc) is 3.64. The number of rotatable bonds is 1. The van der Waals surface area contributed by atoms with E-state index in [2.05, 4.69) is 13.5 Å². The minimum absolute atomic E-state index is 0.0488. The summed E-state index contributed by atoms with van der Waals surface area (Å²) in [6, 6.07) is 0. The number of hydrogen-bond acceptors (Lipinski definition) is 8. The van der Waals surface area contributed by atoms with Gasteiger partial charge in [-0.1, -0.05) is 27.4 Å². The molecule has 2 aliphatic carbocycles. The molecule has 178 valence electrons. The van der Waals surface area contributed by atoms with E-state index in [0.717, 1.165) is 0 Å². The zero-order chi connectivity index (χ0) is 23.5. The van der Waals surface area contributed by atoms with Crippen LogP contribution < -0.4 is 0 Å². The number of hydrogen-bond donors (Lipinski definition) is 2. The predicted octanol–water partition coefficient (Wildman–Crippen LogP) is 1.19. The van der Waals surface area contributed by atoms with Crippen molar-refractivity contribution in [2.24, 2.45) is 29.1 Å². The number of aliphatic hydroxyl groups is 2. The highest BCUT2D eigenvalue weighted by Crippen LogP contribution is 2.64. The summed E-state index contributed by atoms with van der Waals surface area (Å²) in [6.45, 7) is 12.8. The molecule has 0 amide bonds. The van der Waals surface area contributed by atoms with Crippen molar-refractivity contribution in [2.45, 2.75) is 88.3 Å². The Morgan fingerprint density at radius 1 is 1.16 bits per heavy atom. The van der Waals surface area contributed by atoms with Gasteiger partial charge >= 0.3 is 11.9 Å². The molecular weight excluding hydrogens is 440 g/mol. The molecule has 32 heavy (non-hydrogen) atoms. The Labute approximate surface area is 192 Å². The van der Waals surface area contributed by atoms with Gasteiger partial charge in [-0.05, 0) is 24.3 Å². The van der Waals surface area contributed by atoms with E-state index in [1.165, 1.54) is 6.92 Å². The van der Waals surface area contributed by atoms with E-state index in [-0.39, 0.29) is 24.0 Å². The molecule has 0 aromatic rings. The molecule has 0 aromatic heterocycles. The fourth-order valence-corrected chi connectivity index (χ4v) is 7.21.